The molecule has 0 spiro atoms. The lowest BCUT2D eigenvalue weighted by molar-refractivity contribution is 0.341. The summed E-state index contributed by atoms with van der Waals surface area (Å²) in [5.74, 6) is 1.54. The smallest absolute Gasteiger partial charge is 0.238 e. The molecule has 2 aromatic rings. The Morgan fingerprint density at radius 2 is 1.85 bits per heavy atom. The molecule has 3 N–H and O–H groups in total. The molecule has 2 atom stereocenters. The molecule has 0 amide bonds. The molecule has 2 aromatic carbocycles. The maximum atomic E-state index is 11.4. The van der Waals surface area contributed by atoms with Crippen molar-refractivity contribution in [2.24, 2.45) is 16.5 Å². The zero-order valence-corrected chi connectivity index (χ0v) is 17.3. The zero-order valence-electron chi connectivity index (χ0n) is 15.7. The van der Waals surface area contributed by atoms with Crippen molar-refractivity contribution in [1.29, 1.82) is 0 Å². The highest BCUT2D eigenvalue weighted by molar-refractivity contribution is 7.89. The molecule has 0 saturated heterocycles. The van der Waals surface area contributed by atoms with E-state index >= 15 is 0 Å². The van der Waals surface area contributed by atoms with Crippen molar-refractivity contribution in [3.63, 3.8) is 0 Å². The van der Waals surface area contributed by atoms with E-state index < -0.39 is 10.0 Å². The average Bonchev–Trinajstić information content (AvgIpc) is 3.15. The number of benzene rings is 2. The van der Waals surface area contributed by atoms with Gasteiger partial charge in [0.15, 0.2) is 0 Å². The van der Waals surface area contributed by atoms with Gasteiger partial charge in [0.05, 0.1) is 17.2 Å². The SMILES string of the molecule is CCOc1ccc(Cl)cc1NCC1C(c2ccc(S(N)(=O)=O)cc2)C1(C)C. The molecule has 27 heavy (non-hydrogen) atoms. The summed E-state index contributed by atoms with van der Waals surface area (Å²) in [6.45, 7) is 7.75. The number of nitrogens with two attached hydrogens (primary N) is 1. The van der Waals surface area contributed by atoms with Crippen LogP contribution in [0, 0.1) is 11.3 Å². The number of rotatable bonds is 7. The van der Waals surface area contributed by atoms with Crippen LogP contribution in [0.25, 0.3) is 0 Å². The Kier molecular flexibility index (Phi) is 5.43. The zero-order chi connectivity index (χ0) is 19.8. The fourth-order valence-corrected chi connectivity index (χ4v) is 4.48. The van der Waals surface area contributed by atoms with Crippen molar-refractivity contribution in [1.82, 2.24) is 0 Å². The van der Waals surface area contributed by atoms with Crippen LogP contribution >= 0.6 is 11.6 Å². The van der Waals surface area contributed by atoms with E-state index in [1.807, 2.05) is 37.3 Å². The van der Waals surface area contributed by atoms with Gasteiger partial charge in [-0.25, -0.2) is 13.6 Å². The van der Waals surface area contributed by atoms with Gasteiger partial charge in [-0.05, 0) is 60.1 Å². The summed E-state index contributed by atoms with van der Waals surface area (Å²) in [5.41, 5.74) is 2.12. The second kappa shape index (κ2) is 7.34. The third-order valence-corrected chi connectivity index (χ3v) is 6.54. The number of hydrogen-bond acceptors (Lipinski definition) is 4. The summed E-state index contributed by atoms with van der Waals surface area (Å²) in [4.78, 5) is 0.139. The maximum absolute atomic E-state index is 11.4. The molecule has 0 radical (unpaired) electrons. The number of halogens is 1. The molecule has 0 heterocycles. The Morgan fingerprint density at radius 3 is 2.44 bits per heavy atom. The topological polar surface area (TPSA) is 81.4 Å². The van der Waals surface area contributed by atoms with E-state index in [4.69, 9.17) is 21.5 Å². The summed E-state index contributed by atoms with van der Waals surface area (Å²) in [5, 5.41) is 9.31. The van der Waals surface area contributed by atoms with Crippen LogP contribution in [0.2, 0.25) is 5.02 Å². The van der Waals surface area contributed by atoms with E-state index in [2.05, 4.69) is 19.2 Å². The van der Waals surface area contributed by atoms with E-state index in [0.717, 1.165) is 23.5 Å². The number of nitrogens with one attached hydrogen (secondary N) is 1. The summed E-state index contributed by atoms with van der Waals surface area (Å²) >= 11 is 6.13. The van der Waals surface area contributed by atoms with Gasteiger partial charge in [-0.2, -0.15) is 0 Å². The summed E-state index contributed by atoms with van der Waals surface area (Å²) in [6, 6.07) is 12.4. The molecule has 0 aliphatic heterocycles. The predicted octanol–water partition coefficient (Wildman–Crippen LogP) is 4.24. The summed E-state index contributed by atoms with van der Waals surface area (Å²) < 4.78 is 28.5. The first-order valence-electron chi connectivity index (χ1n) is 8.93. The monoisotopic (exact) mass is 408 g/mol. The third-order valence-electron chi connectivity index (χ3n) is 5.37. The second-order valence-electron chi connectivity index (χ2n) is 7.47. The van der Waals surface area contributed by atoms with Crippen LogP contribution in [-0.2, 0) is 10.0 Å². The minimum Gasteiger partial charge on any atom is -0.492 e. The standard InChI is InChI=1S/C20H25ClN2O3S/c1-4-26-18-10-7-14(21)11-17(18)23-12-16-19(20(16,2)3)13-5-8-15(9-6-13)27(22,24)25/h5-11,16,19,23H,4,12H2,1-3H3,(H2,22,24,25). The van der Waals surface area contributed by atoms with E-state index in [1.165, 1.54) is 0 Å². The lowest BCUT2D eigenvalue weighted by Crippen LogP contribution is -2.11. The van der Waals surface area contributed by atoms with Crippen LogP contribution in [0.3, 0.4) is 0 Å². The van der Waals surface area contributed by atoms with Crippen LogP contribution in [0.15, 0.2) is 47.4 Å². The van der Waals surface area contributed by atoms with E-state index in [-0.39, 0.29) is 10.3 Å². The lowest BCUT2D eigenvalue weighted by Gasteiger charge is -2.13. The molecule has 0 aromatic heterocycles. The van der Waals surface area contributed by atoms with Crippen molar-refractivity contribution in [3.8, 4) is 5.75 Å². The van der Waals surface area contributed by atoms with E-state index in [9.17, 15) is 8.42 Å². The first-order chi connectivity index (χ1) is 12.6. The fourth-order valence-electron chi connectivity index (χ4n) is 3.79. The van der Waals surface area contributed by atoms with Crippen LogP contribution in [-0.4, -0.2) is 21.6 Å². The molecule has 7 heteroatoms. The van der Waals surface area contributed by atoms with Crippen molar-refractivity contribution in [3.05, 3.63) is 53.1 Å². The molecule has 1 saturated carbocycles. The number of sulfonamides is 1. The van der Waals surface area contributed by atoms with Crippen molar-refractivity contribution >= 4 is 27.3 Å². The quantitative estimate of drug-likeness (QED) is 0.717. The van der Waals surface area contributed by atoms with Crippen molar-refractivity contribution in [2.45, 2.75) is 31.6 Å². The van der Waals surface area contributed by atoms with Crippen molar-refractivity contribution < 1.29 is 13.2 Å². The van der Waals surface area contributed by atoms with Crippen LogP contribution in [0.4, 0.5) is 5.69 Å². The van der Waals surface area contributed by atoms with Gasteiger partial charge in [0.1, 0.15) is 5.75 Å². The number of primary sulfonamides is 1. The van der Waals surface area contributed by atoms with Gasteiger partial charge in [-0.1, -0.05) is 37.6 Å². The van der Waals surface area contributed by atoms with Gasteiger partial charge < -0.3 is 10.1 Å². The normalized spacial score (nSPS) is 20.9. The molecule has 0 bridgehead atoms. The summed E-state index contributed by atoms with van der Waals surface area (Å²) in [7, 11) is -3.67. The molecule has 146 valence electrons. The first kappa shape index (κ1) is 20.0. The maximum Gasteiger partial charge on any atom is 0.238 e. The average molecular weight is 409 g/mol. The van der Waals surface area contributed by atoms with Gasteiger partial charge in [-0.15, -0.1) is 0 Å². The van der Waals surface area contributed by atoms with Crippen LogP contribution in [0.5, 0.6) is 5.75 Å². The Balaban J connectivity index is 1.73. The van der Waals surface area contributed by atoms with E-state index in [1.54, 1.807) is 12.1 Å². The molecule has 1 aliphatic carbocycles. The minimum absolute atomic E-state index is 0.112. The van der Waals surface area contributed by atoms with Gasteiger partial charge in [-0.3, -0.25) is 0 Å². The Hall–Kier alpha value is -1.76. The fraction of sp³-hybridized carbons (Fsp3) is 0.400. The minimum atomic E-state index is -3.67. The number of hydrogen-bond donors (Lipinski definition) is 2. The largest absolute Gasteiger partial charge is 0.492 e. The molecule has 2 unspecified atom stereocenters. The highest BCUT2D eigenvalue weighted by Gasteiger charge is 2.57. The highest BCUT2D eigenvalue weighted by atomic mass is 35.5. The van der Waals surface area contributed by atoms with Gasteiger partial charge in [0.25, 0.3) is 0 Å². The Morgan fingerprint density at radius 1 is 1.19 bits per heavy atom. The molecular weight excluding hydrogens is 384 g/mol. The van der Waals surface area contributed by atoms with Crippen molar-refractivity contribution in [2.75, 3.05) is 18.5 Å². The molecule has 1 aliphatic rings. The molecule has 3 rings (SSSR count). The molecular formula is C20H25ClN2O3S. The van der Waals surface area contributed by atoms with E-state index in [0.29, 0.717) is 23.5 Å². The molecule has 5 nitrogen and oxygen atoms in total. The van der Waals surface area contributed by atoms with Gasteiger partial charge in [0.2, 0.25) is 10.0 Å². The van der Waals surface area contributed by atoms with Gasteiger partial charge >= 0.3 is 0 Å². The Bertz CT molecular complexity index is 927. The third kappa shape index (κ3) is 4.23. The first-order valence-corrected chi connectivity index (χ1v) is 10.9. The van der Waals surface area contributed by atoms with Crippen LogP contribution in [0.1, 0.15) is 32.3 Å². The number of anilines is 1. The highest BCUT2D eigenvalue weighted by Crippen LogP contribution is 2.64. The predicted molar refractivity (Wildman–Crippen MR) is 109 cm³/mol. The lowest BCUT2D eigenvalue weighted by atomic mass is 10.0. The molecule has 1 fully saturated rings. The summed E-state index contributed by atoms with van der Waals surface area (Å²) in [6.07, 6.45) is 0. The number of ether oxygens (including phenoxy) is 1. The van der Waals surface area contributed by atoms with Crippen LogP contribution < -0.4 is 15.2 Å². The van der Waals surface area contributed by atoms with Gasteiger partial charge in [0, 0.05) is 11.6 Å². The second-order valence-corrected chi connectivity index (χ2v) is 9.47. The Labute approximate surface area is 165 Å².